The zero-order chi connectivity index (χ0) is 14.5. The Bertz CT molecular complexity index is 480. The Kier molecular flexibility index (Phi) is 6.84. The van der Waals surface area contributed by atoms with Crippen molar-refractivity contribution in [3.63, 3.8) is 0 Å². The SMILES string of the molecule is Cc1cccc(OC(F)F)c1NC(=O)C1CCCNC1.Cl. The maximum Gasteiger partial charge on any atom is 0.387 e. The molecular weight excluding hydrogens is 302 g/mol. The molecule has 0 aliphatic carbocycles. The fraction of sp³-hybridized carbons (Fsp3) is 0.500. The summed E-state index contributed by atoms with van der Waals surface area (Å²) in [6.45, 7) is 0.354. The van der Waals surface area contributed by atoms with Gasteiger partial charge in [-0.1, -0.05) is 12.1 Å². The second-order valence-electron chi connectivity index (χ2n) is 4.86. The number of carbonyl (C=O) groups excluding carboxylic acids is 1. The van der Waals surface area contributed by atoms with E-state index in [0.717, 1.165) is 19.4 Å². The quantitative estimate of drug-likeness (QED) is 0.896. The van der Waals surface area contributed by atoms with Gasteiger partial charge >= 0.3 is 6.61 Å². The smallest absolute Gasteiger partial charge is 0.387 e. The Hall–Kier alpha value is -1.40. The third kappa shape index (κ3) is 4.82. The fourth-order valence-corrected chi connectivity index (χ4v) is 2.30. The molecule has 1 heterocycles. The summed E-state index contributed by atoms with van der Waals surface area (Å²) in [7, 11) is 0. The standard InChI is InChI=1S/C14H18F2N2O2.ClH/c1-9-4-2-6-11(20-14(15)16)12(9)18-13(19)10-5-3-7-17-8-10;/h2,4,6,10,14,17H,3,5,7-8H2,1H3,(H,18,19);1H. The van der Waals surface area contributed by atoms with Crippen molar-refractivity contribution in [1.29, 1.82) is 0 Å². The number of hydrogen-bond acceptors (Lipinski definition) is 3. The number of aryl methyl sites for hydroxylation is 1. The molecule has 2 N–H and O–H groups in total. The molecule has 7 heteroatoms. The molecule has 1 unspecified atom stereocenters. The molecule has 0 radical (unpaired) electrons. The predicted molar refractivity (Wildman–Crippen MR) is 79.3 cm³/mol. The van der Waals surface area contributed by atoms with E-state index < -0.39 is 6.61 Å². The van der Waals surface area contributed by atoms with Crippen molar-refractivity contribution >= 4 is 24.0 Å². The zero-order valence-electron chi connectivity index (χ0n) is 11.7. The van der Waals surface area contributed by atoms with Gasteiger partial charge in [-0.15, -0.1) is 12.4 Å². The number of nitrogens with one attached hydrogen (secondary N) is 2. The zero-order valence-corrected chi connectivity index (χ0v) is 12.5. The first-order valence-electron chi connectivity index (χ1n) is 6.64. The summed E-state index contributed by atoms with van der Waals surface area (Å²) < 4.78 is 29.2. The Morgan fingerprint density at radius 1 is 1.48 bits per heavy atom. The predicted octanol–water partition coefficient (Wildman–Crippen LogP) is 2.96. The topological polar surface area (TPSA) is 50.4 Å². The molecule has 1 saturated heterocycles. The molecule has 21 heavy (non-hydrogen) atoms. The molecule has 2 rings (SSSR count). The molecule has 1 aromatic carbocycles. The molecule has 4 nitrogen and oxygen atoms in total. The van der Waals surface area contributed by atoms with Crippen LogP contribution < -0.4 is 15.4 Å². The average Bonchev–Trinajstić information content (AvgIpc) is 2.43. The lowest BCUT2D eigenvalue weighted by Gasteiger charge is -2.23. The van der Waals surface area contributed by atoms with Gasteiger partial charge < -0.3 is 15.4 Å². The summed E-state index contributed by atoms with van der Waals surface area (Å²) in [5.74, 6) is -0.300. The van der Waals surface area contributed by atoms with E-state index in [9.17, 15) is 13.6 Å². The third-order valence-electron chi connectivity index (χ3n) is 3.37. The highest BCUT2D eigenvalue weighted by Crippen LogP contribution is 2.30. The number of amides is 1. The maximum atomic E-state index is 12.4. The monoisotopic (exact) mass is 320 g/mol. The van der Waals surface area contributed by atoms with Crippen LogP contribution in [0.5, 0.6) is 5.75 Å². The van der Waals surface area contributed by atoms with E-state index in [-0.39, 0.29) is 30.0 Å². The minimum Gasteiger partial charge on any atom is -0.433 e. The molecular formula is C14H19ClF2N2O2. The third-order valence-corrected chi connectivity index (χ3v) is 3.37. The summed E-state index contributed by atoms with van der Waals surface area (Å²) in [6.07, 6.45) is 1.74. The second-order valence-corrected chi connectivity index (χ2v) is 4.86. The van der Waals surface area contributed by atoms with Gasteiger partial charge in [-0.25, -0.2) is 0 Å². The molecule has 1 fully saturated rings. The normalized spacial score (nSPS) is 18.0. The first-order chi connectivity index (χ1) is 9.58. The number of hydrogen-bond donors (Lipinski definition) is 2. The van der Waals surface area contributed by atoms with Crippen LogP contribution in [0.25, 0.3) is 0 Å². The van der Waals surface area contributed by atoms with E-state index in [4.69, 9.17) is 0 Å². The van der Waals surface area contributed by atoms with Crippen molar-refractivity contribution in [1.82, 2.24) is 5.32 Å². The van der Waals surface area contributed by atoms with Crippen molar-refractivity contribution in [2.24, 2.45) is 5.92 Å². The number of para-hydroxylation sites is 1. The lowest BCUT2D eigenvalue weighted by atomic mass is 9.98. The van der Waals surface area contributed by atoms with E-state index in [1.54, 1.807) is 19.1 Å². The molecule has 0 spiro atoms. The number of anilines is 1. The molecule has 1 aliphatic rings. The van der Waals surface area contributed by atoms with Crippen LogP contribution in [0.1, 0.15) is 18.4 Å². The number of halogens is 3. The van der Waals surface area contributed by atoms with Crippen LogP contribution in [0.15, 0.2) is 18.2 Å². The van der Waals surface area contributed by atoms with Crippen molar-refractivity contribution in [3.8, 4) is 5.75 Å². The van der Waals surface area contributed by atoms with Gasteiger partial charge in [0.15, 0.2) is 0 Å². The minimum atomic E-state index is -2.91. The van der Waals surface area contributed by atoms with Gasteiger partial charge in [0.2, 0.25) is 5.91 Å². The average molecular weight is 321 g/mol. The van der Waals surface area contributed by atoms with E-state index >= 15 is 0 Å². The van der Waals surface area contributed by atoms with Crippen molar-refractivity contribution in [2.45, 2.75) is 26.4 Å². The Morgan fingerprint density at radius 3 is 2.86 bits per heavy atom. The van der Waals surface area contributed by atoms with E-state index in [2.05, 4.69) is 15.4 Å². The first kappa shape index (κ1) is 17.7. The highest BCUT2D eigenvalue weighted by molar-refractivity contribution is 5.95. The highest BCUT2D eigenvalue weighted by atomic mass is 35.5. The van der Waals surface area contributed by atoms with Gasteiger partial charge in [-0.3, -0.25) is 4.79 Å². The van der Waals surface area contributed by atoms with E-state index in [1.165, 1.54) is 6.07 Å². The summed E-state index contributed by atoms with van der Waals surface area (Å²) in [4.78, 5) is 12.2. The van der Waals surface area contributed by atoms with Crippen LogP contribution in [0.4, 0.5) is 14.5 Å². The van der Waals surface area contributed by atoms with Gasteiger partial charge in [0.1, 0.15) is 5.75 Å². The summed E-state index contributed by atoms with van der Waals surface area (Å²) in [5, 5.41) is 5.87. The largest absolute Gasteiger partial charge is 0.433 e. The number of carbonyl (C=O) groups is 1. The fourth-order valence-electron chi connectivity index (χ4n) is 2.30. The molecule has 0 aromatic heterocycles. The molecule has 1 aromatic rings. The van der Waals surface area contributed by atoms with Gasteiger partial charge in [0.05, 0.1) is 11.6 Å². The molecule has 0 bridgehead atoms. The van der Waals surface area contributed by atoms with Crippen LogP contribution in [-0.4, -0.2) is 25.6 Å². The van der Waals surface area contributed by atoms with Crippen molar-refractivity contribution in [3.05, 3.63) is 23.8 Å². The van der Waals surface area contributed by atoms with Crippen LogP contribution in [0.2, 0.25) is 0 Å². The number of benzene rings is 1. The second kappa shape index (κ2) is 8.14. The van der Waals surface area contributed by atoms with Crippen molar-refractivity contribution in [2.75, 3.05) is 18.4 Å². The Morgan fingerprint density at radius 2 is 2.24 bits per heavy atom. The summed E-state index contributed by atoms with van der Waals surface area (Å²) >= 11 is 0. The summed E-state index contributed by atoms with van der Waals surface area (Å²) in [6, 6.07) is 4.78. The molecule has 1 aliphatic heterocycles. The number of ether oxygens (including phenoxy) is 1. The lowest BCUT2D eigenvalue weighted by Crippen LogP contribution is -2.37. The molecule has 0 saturated carbocycles. The minimum absolute atomic E-state index is 0. The Labute approximate surface area is 128 Å². The molecule has 1 atom stereocenters. The van der Waals surface area contributed by atoms with Crippen LogP contribution in [0, 0.1) is 12.8 Å². The lowest BCUT2D eigenvalue weighted by molar-refractivity contribution is -0.120. The number of rotatable bonds is 4. The van der Waals surface area contributed by atoms with E-state index in [1.807, 2.05) is 0 Å². The van der Waals surface area contributed by atoms with Gasteiger partial charge in [0, 0.05) is 6.54 Å². The first-order valence-corrected chi connectivity index (χ1v) is 6.64. The molecule has 1 amide bonds. The van der Waals surface area contributed by atoms with Gasteiger partial charge in [-0.05, 0) is 37.9 Å². The van der Waals surface area contributed by atoms with E-state index in [0.29, 0.717) is 17.8 Å². The molecule has 118 valence electrons. The van der Waals surface area contributed by atoms with Gasteiger partial charge in [-0.2, -0.15) is 8.78 Å². The number of alkyl halides is 2. The van der Waals surface area contributed by atoms with Crippen LogP contribution in [0.3, 0.4) is 0 Å². The van der Waals surface area contributed by atoms with Crippen LogP contribution >= 0.6 is 12.4 Å². The van der Waals surface area contributed by atoms with Crippen molar-refractivity contribution < 1.29 is 18.3 Å². The summed E-state index contributed by atoms with van der Waals surface area (Å²) in [5.41, 5.74) is 1.02. The Balaban J connectivity index is 0.00000220. The van der Waals surface area contributed by atoms with Gasteiger partial charge in [0.25, 0.3) is 0 Å². The maximum absolute atomic E-state index is 12.4. The highest BCUT2D eigenvalue weighted by Gasteiger charge is 2.23. The van der Waals surface area contributed by atoms with Crippen LogP contribution in [-0.2, 0) is 4.79 Å². The number of piperidine rings is 1.